The molecule has 0 fully saturated rings. The van der Waals surface area contributed by atoms with Crippen molar-refractivity contribution >= 4 is 18.3 Å². The first-order valence-corrected chi connectivity index (χ1v) is 3.41. The summed E-state index contributed by atoms with van der Waals surface area (Å²) in [4.78, 5) is 18.7. The normalized spacial score (nSPS) is 21.6. The number of nitrogens with zero attached hydrogens (tertiary/aromatic N) is 2. The first-order valence-electron chi connectivity index (χ1n) is 3.41. The quantitative estimate of drug-likeness (QED) is 0.521. The molecule has 0 unspecified atom stereocenters. The Bertz CT molecular complexity index is 288. The van der Waals surface area contributed by atoms with Crippen LogP contribution in [0.25, 0.3) is 0 Å². The van der Waals surface area contributed by atoms with Crippen molar-refractivity contribution in [1.82, 2.24) is 5.32 Å². The van der Waals surface area contributed by atoms with Gasteiger partial charge in [0.05, 0.1) is 0 Å². The molecule has 0 aromatic carbocycles. The third-order valence-corrected chi connectivity index (χ3v) is 1.65. The average molecular weight is 149 g/mol. The van der Waals surface area contributed by atoms with Crippen LogP contribution >= 0.6 is 0 Å². The number of hydrogen-bond donors (Lipinski definition) is 1. The maximum atomic E-state index is 11.0. The fraction of sp³-hybridized carbons (Fsp3) is 0.286. The van der Waals surface area contributed by atoms with Crippen molar-refractivity contribution in [2.45, 2.75) is 6.42 Å². The molecule has 56 valence electrons. The Balaban J connectivity index is 2.39. The fourth-order valence-corrected chi connectivity index (χ4v) is 1.12. The van der Waals surface area contributed by atoms with Gasteiger partial charge in [-0.05, 0) is 0 Å². The number of amides is 1. The highest BCUT2D eigenvalue weighted by molar-refractivity contribution is 6.07. The second kappa shape index (κ2) is 2.30. The van der Waals surface area contributed by atoms with Gasteiger partial charge in [-0.2, -0.15) is 0 Å². The van der Waals surface area contributed by atoms with Gasteiger partial charge in [-0.3, -0.25) is 9.79 Å². The van der Waals surface area contributed by atoms with E-state index in [1.54, 1.807) is 12.4 Å². The van der Waals surface area contributed by atoms with E-state index in [4.69, 9.17) is 0 Å². The van der Waals surface area contributed by atoms with Crippen LogP contribution in [0.1, 0.15) is 6.42 Å². The van der Waals surface area contributed by atoms with E-state index in [9.17, 15) is 4.79 Å². The molecular formula is C7H7N3O. The Labute approximate surface area is 63.7 Å². The van der Waals surface area contributed by atoms with E-state index in [1.165, 1.54) is 0 Å². The number of hydrogen-bond acceptors (Lipinski definition) is 3. The van der Waals surface area contributed by atoms with Crippen molar-refractivity contribution in [2.24, 2.45) is 9.98 Å². The minimum atomic E-state index is -0.183. The van der Waals surface area contributed by atoms with Crippen molar-refractivity contribution in [2.75, 3.05) is 6.67 Å². The largest absolute Gasteiger partial charge is 0.361 e. The van der Waals surface area contributed by atoms with Crippen LogP contribution in [-0.4, -0.2) is 25.0 Å². The number of allylic oxidation sites excluding steroid dienone is 1. The fourth-order valence-electron chi connectivity index (χ4n) is 1.12. The van der Waals surface area contributed by atoms with Gasteiger partial charge in [0.2, 0.25) is 0 Å². The molecule has 0 aromatic heterocycles. The maximum Gasteiger partial charge on any atom is 0.293 e. The van der Waals surface area contributed by atoms with Crippen LogP contribution < -0.4 is 5.32 Å². The molecule has 0 saturated heterocycles. The van der Waals surface area contributed by atoms with Gasteiger partial charge in [0.1, 0.15) is 12.4 Å². The highest BCUT2D eigenvalue weighted by Gasteiger charge is 2.17. The average Bonchev–Trinajstić information content (AvgIpc) is 2.06. The lowest BCUT2D eigenvalue weighted by atomic mass is 10.1. The molecule has 2 aliphatic rings. The summed E-state index contributed by atoms with van der Waals surface area (Å²) in [6, 6.07) is 0. The van der Waals surface area contributed by atoms with Crippen LogP contribution in [0.2, 0.25) is 0 Å². The van der Waals surface area contributed by atoms with Gasteiger partial charge in [-0.1, -0.05) is 0 Å². The second-order valence-electron chi connectivity index (χ2n) is 2.37. The van der Waals surface area contributed by atoms with Crippen LogP contribution in [0.3, 0.4) is 0 Å². The molecule has 0 aliphatic carbocycles. The van der Waals surface area contributed by atoms with Crippen LogP contribution in [0.15, 0.2) is 21.3 Å². The minimum Gasteiger partial charge on any atom is -0.361 e. The molecule has 4 heteroatoms. The second-order valence-corrected chi connectivity index (χ2v) is 2.37. The summed E-state index contributed by atoms with van der Waals surface area (Å²) in [6.07, 6.45) is 4.05. The summed E-state index contributed by atoms with van der Waals surface area (Å²) in [5, 5.41) is 2.89. The van der Waals surface area contributed by atoms with E-state index >= 15 is 0 Å². The molecule has 2 rings (SSSR count). The predicted molar refractivity (Wildman–Crippen MR) is 41.6 cm³/mol. The highest BCUT2D eigenvalue weighted by atomic mass is 16.1. The molecule has 1 N–H and O–H groups in total. The molecule has 0 saturated carbocycles. The monoisotopic (exact) mass is 149 g/mol. The van der Waals surface area contributed by atoms with Gasteiger partial charge in [0.25, 0.3) is 5.91 Å². The molecule has 2 aliphatic heterocycles. The summed E-state index contributed by atoms with van der Waals surface area (Å²) < 4.78 is 0. The first-order chi connectivity index (χ1) is 5.38. The Morgan fingerprint density at radius 2 is 2.45 bits per heavy atom. The summed E-state index contributed by atoms with van der Waals surface area (Å²) in [5.74, 6) is -0.183. The number of aliphatic imine (C=N–C) groups is 2. The molecule has 1 amide bonds. The third kappa shape index (κ3) is 0.960. The molecule has 0 spiro atoms. The van der Waals surface area contributed by atoms with Gasteiger partial charge in [0, 0.05) is 24.4 Å². The van der Waals surface area contributed by atoms with E-state index < -0.39 is 0 Å². The summed E-state index contributed by atoms with van der Waals surface area (Å²) in [7, 11) is 0. The van der Waals surface area contributed by atoms with Gasteiger partial charge >= 0.3 is 0 Å². The van der Waals surface area contributed by atoms with Crippen molar-refractivity contribution < 1.29 is 4.79 Å². The van der Waals surface area contributed by atoms with Crippen molar-refractivity contribution in [3.63, 3.8) is 0 Å². The van der Waals surface area contributed by atoms with Crippen molar-refractivity contribution in [3.8, 4) is 0 Å². The molecule has 0 radical (unpaired) electrons. The van der Waals surface area contributed by atoms with Crippen LogP contribution in [0.4, 0.5) is 0 Å². The van der Waals surface area contributed by atoms with E-state index in [1.807, 2.05) is 0 Å². The van der Waals surface area contributed by atoms with E-state index in [0.717, 1.165) is 5.57 Å². The van der Waals surface area contributed by atoms with Gasteiger partial charge in [0.15, 0.2) is 0 Å². The van der Waals surface area contributed by atoms with E-state index in [2.05, 4.69) is 15.3 Å². The van der Waals surface area contributed by atoms with Gasteiger partial charge < -0.3 is 5.32 Å². The Hall–Kier alpha value is -1.45. The lowest BCUT2D eigenvalue weighted by Gasteiger charge is -2.15. The summed E-state index contributed by atoms with van der Waals surface area (Å²) >= 11 is 0. The number of dihydropyridines is 1. The third-order valence-electron chi connectivity index (χ3n) is 1.65. The molecule has 4 nitrogen and oxygen atoms in total. The van der Waals surface area contributed by atoms with E-state index in [-0.39, 0.29) is 5.91 Å². The molecule has 0 atom stereocenters. The van der Waals surface area contributed by atoms with Gasteiger partial charge in [-0.25, -0.2) is 4.99 Å². The summed E-state index contributed by atoms with van der Waals surface area (Å²) in [5.41, 5.74) is 1.55. The number of nitrogens with one attached hydrogen (secondary N) is 1. The van der Waals surface area contributed by atoms with Crippen molar-refractivity contribution in [3.05, 3.63) is 11.3 Å². The van der Waals surface area contributed by atoms with E-state index in [0.29, 0.717) is 18.8 Å². The van der Waals surface area contributed by atoms with Crippen LogP contribution in [0.5, 0.6) is 0 Å². The molecule has 0 bridgehead atoms. The topological polar surface area (TPSA) is 53.8 Å². The molecule has 11 heavy (non-hydrogen) atoms. The zero-order valence-corrected chi connectivity index (χ0v) is 5.87. The number of carbonyl (C=O) groups excluding carboxylic acids is 1. The molecular weight excluding hydrogens is 142 g/mol. The van der Waals surface area contributed by atoms with Crippen molar-refractivity contribution in [1.29, 1.82) is 0 Å². The lowest BCUT2D eigenvalue weighted by molar-refractivity contribution is -0.114. The molecule has 2 heterocycles. The summed E-state index contributed by atoms with van der Waals surface area (Å²) in [6.45, 7) is 0.486. The highest BCUT2D eigenvalue weighted by Crippen LogP contribution is 2.12. The zero-order chi connectivity index (χ0) is 7.68. The zero-order valence-electron chi connectivity index (χ0n) is 5.87. The molecule has 0 aromatic rings. The lowest BCUT2D eigenvalue weighted by Crippen LogP contribution is -2.27. The number of carbonyl (C=O) groups is 1. The smallest absolute Gasteiger partial charge is 0.293 e. The minimum absolute atomic E-state index is 0.183. The van der Waals surface area contributed by atoms with Crippen LogP contribution in [-0.2, 0) is 4.79 Å². The first kappa shape index (κ1) is 6.27. The standard InChI is InChI=1S/C7H7N3O/c11-7-6-5(1-2-9-7)3-8-4-10-6/h2-3,10H,1,4H2. The van der Waals surface area contributed by atoms with Gasteiger partial charge in [-0.15, -0.1) is 0 Å². The Morgan fingerprint density at radius 1 is 1.55 bits per heavy atom. The maximum absolute atomic E-state index is 11.0. The Morgan fingerprint density at radius 3 is 3.27 bits per heavy atom. The Kier molecular flexibility index (Phi) is 1.31. The predicted octanol–water partition coefficient (Wildman–Crippen LogP) is -0.127. The van der Waals surface area contributed by atoms with Crippen LogP contribution in [0, 0.1) is 0 Å². The SMILES string of the molecule is O=C1N=CCC2=C1NCN=C2. The number of rotatable bonds is 0.